The van der Waals surface area contributed by atoms with Crippen molar-refractivity contribution < 1.29 is 47.2 Å². The highest BCUT2D eigenvalue weighted by molar-refractivity contribution is 7.47. The number of carbonyl (C=O) groups is 2. The van der Waals surface area contributed by atoms with Crippen LogP contribution in [0.1, 0.15) is 168 Å². The zero-order valence-electron chi connectivity index (χ0n) is 36.2. The van der Waals surface area contributed by atoms with Gasteiger partial charge in [0, 0.05) is 12.8 Å². The summed E-state index contributed by atoms with van der Waals surface area (Å²) in [5, 5.41) is 9.74. The molecule has 0 amide bonds. The molecule has 11 heteroatoms. The molecule has 0 saturated carbocycles. The van der Waals surface area contributed by atoms with E-state index in [0.29, 0.717) is 30.3 Å². The Kier molecular flexibility index (Phi) is 35.8. The molecule has 10 nitrogen and oxygen atoms in total. The van der Waals surface area contributed by atoms with Crippen LogP contribution in [0.3, 0.4) is 0 Å². The number of carbonyl (C=O) groups excluding carboxylic acids is 2. The first-order valence-corrected chi connectivity index (χ1v) is 23.4. The summed E-state index contributed by atoms with van der Waals surface area (Å²) < 4.78 is 34.2. The molecule has 0 bridgehead atoms. The van der Waals surface area contributed by atoms with Crippen LogP contribution in [0.15, 0.2) is 48.6 Å². The highest BCUT2D eigenvalue weighted by Crippen LogP contribution is 2.43. The van der Waals surface area contributed by atoms with Crippen LogP contribution in [-0.2, 0) is 32.7 Å². The number of aliphatic hydroxyl groups excluding tert-OH is 1. The Morgan fingerprint density at radius 2 is 1.12 bits per heavy atom. The van der Waals surface area contributed by atoms with Gasteiger partial charge < -0.3 is 24.0 Å². The maximum atomic E-state index is 12.7. The van der Waals surface area contributed by atoms with Crippen molar-refractivity contribution in [2.24, 2.45) is 0 Å². The van der Waals surface area contributed by atoms with E-state index >= 15 is 0 Å². The summed E-state index contributed by atoms with van der Waals surface area (Å²) in [6.45, 7) is 4.14. The number of rotatable bonds is 39. The van der Waals surface area contributed by atoms with E-state index < -0.39 is 32.5 Å². The number of esters is 2. The second-order valence-electron chi connectivity index (χ2n) is 15.9. The van der Waals surface area contributed by atoms with Gasteiger partial charge in [-0.05, 0) is 51.4 Å². The summed E-state index contributed by atoms with van der Waals surface area (Å²) in [6.07, 6.45) is 39.4. The maximum absolute atomic E-state index is 12.7. The molecule has 0 aliphatic carbocycles. The molecule has 0 aliphatic heterocycles. The van der Waals surface area contributed by atoms with Gasteiger partial charge in [-0.15, -0.1) is 0 Å². The second-order valence-corrected chi connectivity index (χ2v) is 17.4. The average Bonchev–Trinajstić information content (AvgIpc) is 3.14. The molecule has 0 aliphatic rings. The van der Waals surface area contributed by atoms with Gasteiger partial charge in [-0.25, -0.2) is 4.57 Å². The average molecular weight is 813 g/mol. The van der Waals surface area contributed by atoms with Crippen molar-refractivity contribution in [1.82, 2.24) is 0 Å². The molecule has 0 fully saturated rings. The van der Waals surface area contributed by atoms with Crippen LogP contribution in [0.2, 0.25) is 0 Å². The van der Waals surface area contributed by atoms with Crippen LogP contribution < -0.4 is 0 Å². The third-order valence-corrected chi connectivity index (χ3v) is 10.2. The second kappa shape index (κ2) is 37.2. The standard InChI is InChI=1S/C45H82NO9P/c1-6-8-9-10-11-12-13-14-17-20-23-26-29-32-36-44(48)52-40-43(41-54-56(50,51)53-39-38-46(3,4)5)55-45(49)37-33-30-27-24-21-18-15-16-19-22-25-28-31-35-42(47)34-7-2/h15,18-19,22,24,27-28,31,42-43,47H,6-14,16-17,20-21,23,25-26,29-30,32-41H2,1-5H3/p+1/b18-15-,22-19-,27-24-,31-28-/t42?,43-/m1/s1. The molecule has 2 N–H and O–H groups in total. The fraction of sp³-hybridized carbons (Fsp3) is 0.778. The number of likely N-dealkylation sites (N-methyl/N-ethyl adjacent to an activating group) is 1. The molecule has 0 aromatic carbocycles. The zero-order chi connectivity index (χ0) is 41.6. The summed E-state index contributed by atoms with van der Waals surface area (Å²) in [4.78, 5) is 35.3. The zero-order valence-corrected chi connectivity index (χ0v) is 37.1. The number of nitrogens with zero attached hydrogens (tertiary/aromatic N) is 1. The summed E-state index contributed by atoms with van der Waals surface area (Å²) in [7, 11) is 1.42. The van der Waals surface area contributed by atoms with Gasteiger partial charge in [0.25, 0.3) is 0 Å². The fourth-order valence-electron chi connectivity index (χ4n) is 5.73. The number of phosphoric acid groups is 1. The van der Waals surface area contributed by atoms with E-state index in [2.05, 4.69) is 50.3 Å². The molecule has 2 unspecified atom stereocenters. The van der Waals surface area contributed by atoms with E-state index in [1.54, 1.807) is 0 Å². The monoisotopic (exact) mass is 813 g/mol. The number of aliphatic hydroxyl groups is 1. The lowest BCUT2D eigenvalue weighted by Gasteiger charge is -2.24. The van der Waals surface area contributed by atoms with E-state index in [-0.39, 0.29) is 32.2 Å². The number of allylic oxidation sites excluding steroid dienone is 7. The Balaban J connectivity index is 4.48. The van der Waals surface area contributed by atoms with Gasteiger partial charge in [0.1, 0.15) is 19.8 Å². The number of quaternary nitrogens is 1. The number of hydrogen-bond acceptors (Lipinski definition) is 8. The Labute approximate surface area is 342 Å². The third kappa shape index (κ3) is 40.1. The van der Waals surface area contributed by atoms with Crippen LogP contribution in [0, 0.1) is 0 Å². The van der Waals surface area contributed by atoms with Gasteiger partial charge in [-0.2, -0.15) is 0 Å². The van der Waals surface area contributed by atoms with E-state index in [1.807, 2.05) is 33.3 Å². The highest BCUT2D eigenvalue weighted by atomic mass is 31.2. The van der Waals surface area contributed by atoms with Crippen molar-refractivity contribution in [2.45, 2.75) is 180 Å². The first-order chi connectivity index (χ1) is 26.9. The molecule has 0 spiro atoms. The molecule has 0 radical (unpaired) electrons. The van der Waals surface area contributed by atoms with Crippen LogP contribution >= 0.6 is 7.82 Å². The summed E-state index contributed by atoms with van der Waals surface area (Å²) >= 11 is 0. The maximum Gasteiger partial charge on any atom is 0.472 e. The summed E-state index contributed by atoms with van der Waals surface area (Å²) in [5.41, 5.74) is 0. The van der Waals surface area contributed by atoms with Crippen LogP contribution in [0.4, 0.5) is 0 Å². The van der Waals surface area contributed by atoms with E-state index in [1.165, 1.54) is 70.6 Å². The molecule has 326 valence electrons. The third-order valence-electron chi connectivity index (χ3n) is 9.17. The fourth-order valence-corrected chi connectivity index (χ4v) is 6.47. The van der Waals surface area contributed by atoms with Crippen LogP contribution in [-0.4, -0.2) is 86.1 Å². The van der Waals surface area contributed by atoms with Crippen molar-refractivity contribution in [3.8, 4) is 0 Å². The lowest BCUT2D eigenvalue weighted by Crippen LogP contribution is -2.37. The van der Waals surface area contributed by atoms with Crippen molar-refractivity contribution >= 4 is 19.8 Å². The van der Waals surface area contributed by atoms with Crippen LogP contribution in [0.25, 0.3) is 0 Å². The first-order valence-electron chi connectivity index (χ1n) is 21.9. The Morgan fingerprint density at radius 1 is 0.625 bits per heavy atom. The molecule has 0 aromatic heterocycles. The number of ether oxygens (including phenoxy) is 2. The van der Waals surface area contributed by atoms with Gasteiger partial charge in [0.2, 0.25) is 0 Å². The minimum absolute atomic E-state index is 0.0143. The molecule has 0 rings (SSSR count). The molecule has 0 saturated heterocycles. The van der Waals surface area contributed by atoms with Crippen LogP contribution in [0.5, 0.6) is 0 Å². The highest BCUT2D eigenvalue weighted by Gasteiger charge is 2.27. The first kappa shape index (κ1) is 53.9. The van der Waals surface area contributed by atoms with Crippen molar-refractivity contribution in [3.05, 3.63) is 48.6 Å². The minimum atomic E-state index is -4.40. The number of hydrogen-bond donors (Lipinski definition) is 2. The van der Waals surface area contributed by atoms with E-state index in [0.717, 1.165) is 51.4 Å². The molecule has 3 atom stereocenters. The normalized spacial score (nSPS) is 14.6. The molecule has 0 heterocycles. The van der Waals surface area contributed by atoms with E-state index in [9.17, 15) is 24.2 Å². The minimum Gasteiger partial charge on any atom is -0.462 e. The molecule has 0 aromatic rings. The van der Waals surface area contributed by atoms with Crippen molar-refractivity contribution in [2.75, 3.05) is 47.5 Å². The van der Waals surface area contributed by atoms with Gasteiger partial charge in [0.15, 0.2) is 6.10 Å². The number of unbranched alkanes of at least 4 members (excludes halogenated alkanes) is 14. The smallest absolute Gasteiger partial charge is 0.462 e. The lowest BCUT2D eigenvalue weighted by molar-refractivity contribution is -0.870. The summed E-state index contributed by atoms with van der Waals surface area (Å²) in [6, 6.07) is 0. The van der Waals surface area contributed by atoms with Crippen molar-refractivity contribution in [3.63, 3.8) is 0 Å². The lowest BCUT2D eigenvalue weighted by atomic mass is 10.0. The van der Waals surface area contributed by atoms with Gasteiger partial charge in [-0.1, -0.05) is 152 Å². The number of phosphoric ester groups is 1. The largest absolute Gasteiger partial charge is 0.472 e. The topological polar surface area (TPSA) is 129 Å². The van der Waals surface area contributed by atoms with Gasteiger partial charge in [0.05, 0.1) is 33.9 Å². The predicted octanol–water partition coefficient (Wildman–Crippen LogP) is 11.3. The van der Waals surface area contributed by atoms with Gasteiger partial charge in [-0.3, -0.25) is 18.6 Å². The molecule has 56 heavy (non-hydrogen) atoms. The molecular weight excluding hydrogens is 729 g/mol. The van der Waals surface area contributed by atoms with Crippen molar-refractivity contribution in [1.29, 1.82) is 0 Å². The molecular formula is C45H83NO9P+. The Bertz CT molecular complexity index is 1120. The van der Waals surface area contributed by atoms with Gasteiger partial charge >= 0.3 is 19.8 Å². The van der Waals surface area contributed by atoms with E-state index in [4.69, 9.17) is 18.5 Å². The quantitative estimate of drug-likeness (QED) is 0.0205. The SMILES string of the molecule is CCCCCCCCCCCCCCCCC(=O)OC[C@H](COP(=O)(O)OCC[N+](C)(C)C)OC(=O)CCC/C=C\C/C=C\C/C=C\C/C=C\CC(O)CCC. The summed E-state index contributed by atoms with van der Waals surface area (Å²) in [5.74, 6) is -0.883. The Hall–Kier alpha value is -2.07. The Morgan fingerprint density at radius 3 is 1.66 bits per heavy atom. The predicted molar refractivity (Wildman–Crippen MR) is 230 cm³/mol.